The summed E-state index contributed by atoms with van der Waals surface area (Å²) in [5, 5.41) is 8.95. The van der Waals surface area contributed by atoms with Crippen LogP contribution in [0.2, 0.25) is 0 Å². The molecule has 0 aliphatic rings. The summed E-state index contributed by atoms with van der Waals surface area (Å²) in [6.45, 7) is 0. The minimum absolute atomic E-state index is 0.0316. The molecule has 11 heavy (non-hydrogen) atoms. The van der Waals surface area contributed by atoms with Crippen LogP contribution < -0.4 is 0 Å². The normalized spacial score (nSPS) is 8.64. The summed E-state index contributed by atoms with van der Waals surface area (Å²) in [6.07, 6.45) is 1.67. The molecule has 0 aromatic heterocycles. The zero-order valence-electron chi connectivity index (χ0n) is 5.86. The molecule has 0 bridgehead atoms. The first kappa shape index (κ1) is 8.13. The quantitative estimate of drug-likeness (QED) is 0.430. The maximum absolute atomic E-state index is 8.09. The van der Waals surface area contributed by atoms with Gasteiger partial charge in [-0.2, -0.15) is 0 Å². The Balaban J connectivity index is 2.35. The molecular formula is C8H7NOSe. The number of rotatable bonds is 3. The summed E-state index contributed by atoms with van der Waals surface area (Å²) < 4.78 is 4.61. The van der Waals surface area contributed by atoms with E-state index in [4.69, 9.17) is 5.26 Å². The molecule has 1 aromatic rings. The third-order valence-corrected chi connectivity index (χ3v) is 2.51. The van der Waals surface area contributed by atoms with Crippen molar-refractivity contribution in [3.63, 3.8) is 0 Å². The summed E-state index contributed by atoms with van der Waals surface area (Å²) in [5.41, 5.74) is 1.22. The van der Waals surface area contributed by atoms with E-state index in [2.05, 4.69) is 3.82 Å². The Bertz CT molecular complexity index is 242. The van der Waals surface area contributed by atoms with Crippen LogP contribution in [0.25, 0.3) is 0 Å². The molecule has 0 aliphatic heterocycles. The van der Waals surface area contributed by atoms with E-state index in [1.807, 2.05) is 30.3 Å². The second-order valence-corrected chi connectivity index (χ2v) is 3.37. The van der Waals surface area contributed by atoms with Crippen molar-refractivity contribution in [2.24, 2.45) is 0 Å². The van der Waals surface area contributed by atoms with Gasteiger partial charge >= 0.3 is 71.8 Å². The van der Waals surface area contributed by atoms with Crippen molar-refractivity contribution in [1.29, 1.82) is 5.26 Å². The molecule has 0 N–H and O–H groups in total. The van der Waals surface area contributed by atoms with E-state index >= 15 is 0 Å². The van der Waals surface area contributed by atoms with Crippen molar-refractivity contribution in [3.05, 3.63) is 35.9 Å². The molecule has 0 fully saturated rings. The van der Waals surface area contributed by atoms with Crippen LogP contribution in [-0.4, -0.2) is 15.3 Å². The Kier molecular flexibility index (Phi) is 3.54. The standard InChI is InChI=1S/C8H7NOSe/c9-7-10-11-6-8-4-2-1-3-5-8/h1-5H,6H2. The van der Waals surface area contributed by atoms with Gasteiger partial charge in [0.05, 0.1) is 0 Å². The van der Waals surface area contributed by atoms with Crippen molar-refractivity contribution in [1.82, 2.24) is 0 Å². The average molecular weight is 212 g/mol. The van der Waals surface area contributed by atoms with Crippen LogP contribution in [0.15, 0.2) is 30.3 Å². The molecule has 0 unspecified atom stereocenters. The monoisotopic (exact) mass is 213 g/mol. The van der Waals surface area contributed by atoms with Gasteiger partial charge in [0.25, 0.3) is 0 Å². The Morgan fingerprint density at radius 1 is 1.36 bits per heavy atom. The molecule has 0 amide bonds. The van der Waals surface area contributed by atoms with E-state index in [1.54, 1.807) is 6.26 Å². The van der Waals surface area contributed by atoms with Crippen LogP contribution in [-0.2, 0) is 9.14 Å². The first-order chi connectivity index (χ1) is 5.43. The fraction of sp³-hybridized carbons (Fsp3) is 0.125. The first-order valence-corrected chi connectivity index (χ1v) is 5.06. The van der Waals surface area contributed by atoms with Gasteiger partial charge in [-0.15, -0.1) is 0 Å². The number of nitrogens with zero attached hydrogens (tertiary/aromatic N) is 1. The number of benzene rings is 1. The average Bonchev–Trinajstić information content (AvgIpc) is 2.07. The van der Waals surface area contributed by atoms with Crippen molar-refractivity contribution < 1.29 is 3.82 Å². The van der Waals surface area contributed by atoms with Gasteiger partial charge in [0.15, 0.2) is 0 Å². The van der Waals surface area contributed by atoms with Crippen molar-refractivity contribution in [3.8, 4) is 6.26 Å². The molecule has 0 radical (unpaired) electrons. The Labute approximate surface area is 72.3 Å². The van der Waals surface area contributed by atoms with Crippen LogP contribution in [0.5, 0.6) is 0 Å². The van der Waals surface area contributed by atoms with E-state index in [9.17, 15) is 0 Å². The molecule has 1 aromatic carbocycles. The third-order valence-electron chi connectivity index (χ3n) is 1.16. The van der Waals surface area contributed by atoms with E-state index < -0.39 is 0 Å². The van der Waals surface area contributed by atoms with Crippen LogP contribution in [0, 0.1) is 11.5 Å². The zero-order chi connectivity index (χ0) is 7.94. The third kappa shape index (κ3) is 3.08. The van der Waals surface area contributed by atoms with Crippen molar-refractivity contribution in [2.45, 2.75) is 5.32 Å². The molecule has 1 rings (SSSR count). The number of hydrogen-bond donors (Lipinski definition) is 0. The Morgan fingerprint density at radius 3 is 2.73 bits per heavy atom. The van der Waals surface area contributed by atoms with Crippen molar-refractivity contribution >= 4 is 15.3 Å². The number of hydrogen-bond acceptors (Lipinski definition) is 2. The maximum atomic E-state index is 8.09. The second kappa shape index (κ2) is 4.79. The van der Waals surface area contributed by atoms with Crippen LogP contribution in [0.3, 0.4) is 0 Å². The summed E-state index contributed by atoms with van der Waals surface area (Å²) in [7, 11) is 0. The molecule has 0 spiro atoms. The summed E-state index contributed by atoms with van der Waals surface area (Å²) in [6, 6.07) is 10.0. The van der Waals surface area contributed by atoms with Gasteiger partial charge < -0.3 is 0 Å². The molecule has 0 heterocycles. The summed E-state index contributed by atoms with van der Waals surface area (Å²) in [4.78, 5) is 0. The summed E-state index contributed by atoms with van der Waals surface area (Å²) in [5.74, 6) is 0. The van der Waals surface area contributed by atoms with Crippen LogP contribution in [0.1, 0.15) is 5.56 Å². The van der Waals surface area contributed by atoms with Gasteiger partial charge in [0.1, 0.15) is 0 Å². The first-order valence-electron chi connectivity index (χ1n) is 3.15. The predicted octanol–water partition coefficient (Wildman–Crippen LogP) is 1.30. The predicted molar refractivity (Wildman–Crippen MR) is 42.6 cm³/mol. The SMILES string of the molecule is N#CO[Se]Cc1ccccc1. The number of nitriles is 1. The molecule has 56 valence electrons. The molecule has 0 atom stereocenters. The molecule has 0 saturated heterocycles. The van der Waals surface area contributed by atoms with Crippen LogP contribution >= 0.6 is 0 Å². The minimum atomic E-state index is -0.0316. The molecule has 3 heteroatoms. The van der Waals surface area contributed by atoms with Crippen molar-refractivity contribution in [2.75, 3.05) is 0 Å². The summed E-state index contributed by atoms with van der Waals surface area (Å²) >= 11 is -0.0316. The van der Waals surface area contributed by atoms with Crippen LogP contribution in [0.4, 0.5) is 0 Å². The van der Waals surface area contributed by atoms with E-state index in [-0.39, 0.29) is 15.3 Å². The second-order valence-electron chi connectivity index (χ2n) is 1.92. The van der Waals surface area contributed by atoms with Gasteiger partial charge in [-0.3, -0.25) is 0 Å². The van der Waals surface area contributed by atoms with E-state index in [0.29, 0.717) is 0 Å². The molecule has 0 aliphatic carbocycles. The Morgan fingerprint density at radius 2 is 2.09 bits per heavy atom. The van der Waals surface area contributed by atoms with Gasteiger partial charge in [-0.1, -0.05) is 0 Å². The van der Waals surface area contributed by atoms with Gasteiger partial charge in [0.2, 0.25) is 0 Å². The fourth-order valence-electron chi connectivity index (χ4n) is 0.698. The molecular weight excluding hydrogens is 205 g/mol. The zero-order valence-corrected chi connectivity index (χ0v) is 7.57. The molecule has 2 nitrogen and oxygen atoms in total. The van der Waals surface area contributed by atoms with E-state index in [0.717, 1.165) is 5.32 Å². The van der Waals surface area contributed by atoms with Gasteiger partial charge in [-0.25, -0.2) is 0 Å². The topological polar surface area (TPSA) is 33.0 Å². The van der Waals surface area contributed by atoms with Gasteiger partial charge in [0, 0.05) is 0 Å². The van der Waals surface area contributed by atoms with Gasteiger partial charge in [-0.05, 0) is 0 Å². The van der Waals surface area contributed by atoms with E-state index in [1.165, 1.54) is 5.56 Å². The fourth-order valence-corrected chi connectivity index (χ4v) is 1.62. The Hall–Kier alpha value is -0.971. The molecule has 0 saturated carbocycles.